The SMILES string of the molecule is O=C(O)c1nc(CC2CNC2)n2ccc(Cl)cc12. The van der Waals surface area contributed by atoms with Crippen molar-refractivity contribution in [3.8, 4) is 0 Å². The number of rotatable bonds is 3. The number of aromatic carboxylic acids is 1. The van der Waals surface area contributed by atoms with Gasteiger partial charge in [0.25, 0.3) is 0 Å². The van der Waals surface area contributed by atoms with E-state index >= 15 is 0 Å². The highest BCUT2D eigenvalue weighted by atomic mass is 35.5. The second-order valence-corrected chi connectivity index (χ2v) is 4.95. The normalized spacial score (nSPS) is 15.8. The molecule has 18 heavy (non-hydrogen) atoms. The van der Waals surface area contributed by atoms with Gasteiger partial charge in [0.1, 0.15) is 5.82 Å². The molecule has 1 aliphatic heterocycles. The topological polar surface area (TPSA) is 66.6 Å². The van der Waals surface area contributed by atoms with Crippen LogP contribution in [-0.2, 0) is 6.42 Å². The van der Waals surface area contributed by atoms with Crippen LogP contribution in [0.1, 0.15) is 16.3 Å². The van der Waals surface area contributed by atoms with Crippen LogP contribution in [0.15, 0.2) is 18.3 Å². The van der Waals surface area contributed by atoms with Gasteiger partial charge in [-0.15, -0.1) is 0 Å². The molecule has 1 aliphatic rings. The van der Waals surface area contributed by atoms with Crippen molar-refractivity contribution in [1.82, 2.24) is 14.7 Å². The summed E-state index contributed by atoms with van der Waals surface area (Å²) in [5.74, 6) is 0.297. The van der Waals surface area contributed by atoms with Crippen molar-refractivity contribution in [3.63, 3.8) is 0 Å². The van der Waals surface area contributed by atoms with Crippen LogP contribution in [-0.4, -0.2) is 33.6 Å². The number of nitrogens with one attached hydrogen (secondary N) is 1. The molecule has 0 spiro atoms. The second-order valence-electron chi connectivity index (χ2n) is 4.51. The lowest BCUT2D eigenvalue weighted by atomic mass is 9.99. The van der Waals surface area contributed by atoms with Gasteiger partial charge < -0.3 is 14.8 Å². The van der Waals surface area contributed by atoms with E-state index in [-0.39, 0.29) is 5.69 Å². The molecule has 6 heteroatoms. The lowest BCUT2D eigenvalue weighted by Gasteiger charge is -2.26. The Labute approximate surface area is 108 Å². The first-order chi connectivity index (χ1) is 8.65. The van der Waals surface area contributed by atoms with E-state index < -0.39 is 5.97 Å². The van der Waals surface area contributed by atoms with Gasteiger partial charge in [-0.2, -0.15) is 0 Å². The number of carboxylic acid groups (broad SMARTS) is 1. The molecule has 3 rings (SSSR count). The van der Waals surface area contributed by atoms with Crippen molar-refractivity contribution in [1.29, 1.82) is 0 Å². The Morgan fingerprint density at radius 3 is 3.00 bits per heavy atom. The average Bonchev–Trinajstić information content (AvgIpc) is 2.61. The summed E-state index contributed by atoms with van der Waals surface area (Å²) >= 11 is 5.90. The van der Waals surface area contributed by atoms with Crippen molar-refractivity contribution in [2.24, 2.45) is 5.92 Å². The van der Waals surface area contributed by atoms with E-state index in [0.29, 0.717) is 16.5 Å². The number of carboxylic acids is 1. The van der Waals surface area contributed by atoms with Crippen LogP contribution in [0.5, 0.6) is 0 Å². The lowest BCUT2D eigenvalue weighted by Crippen LogP contribution is -2.43. The molecular weight excluding hydrogens is 254 g/mol. The van der Waals surface area contributed by atoms with Crippen molar-refractivity contribution >= 4 is 23.1 Å². The fourth-order valence-electron chi connectivity index (χ4n) is 2.17. The van der Waals surface area contributed by atoms with Gasteiger partial charge in [0.2, 0.25) is 0 Å². The molecule has 2 N–H and O–H groups in total. The standard InChI is InChI=1S/C12H12ClN3O2/c13-8-1-2-16-9(4-8)11(12(17)18)15-10(16)3-7-5-14-6-7/h1-2,4,7,14H,3,5-6H2,(H,17,18). The summed E-state index contributed by atoms with van der Waals surface area (Å²) in [6.45, 7) is 1.93. The van der Waals surface area contributed by atoms with E-state index in [2.05, 4.69) is 10.3 Å². The predicted octanol–water partition coefficient (Wildman–Crippen LogP) is 1.45. The number of carbonyl (C=O) groups is 1. The lowest BCUT2D eigenvalue weighted by molar-refractivity contribution is 0.0693. The van der Waals surface area contributed by atoms with Crippen LogP contribution in [0.25, 0.3) is 5.52 Å². The third-order valence-corrected chi connectivity index (χ3v) is 3.45. The maximum atomic E-state index is 11.2. The first-order valence-electron chi connectivity index (χ1n) is 5.75. The summed E-state index contributed by atoms with van der Waals surface area (Å²) in [4.78, 5) is 15.4. The number of imidazole rings is 1. The molecule has 0 atom stereocenters. The van der Waals surface area contributed by atoms with E-state index in [1.165, 1.54) is 0 Å². The molecule has 3 heterocycles. The van der Waals surface area contributed by atoms with Crippen molar-refractivity contribution in [2.75, 3.05) is 13.1 Å². The summed E-state index contributed by atoms with van der Waals surface area (Å²) < 4.78 is 1.81. The van der Waals surface area contributed by atoms with Gasteiger partial charge >= 0.3 is 5.97 Å². The van der Waals surface area contributed by atoms with Crippen LogP contribution in [0.3, 0.4) is 0 Å². The molecule has 1 saturated heterocycles. The molecule has 0 bridgehead atoms. The Morgan fingerprint density at radius 2 is 2.39 bits per heavy atom. The Hall–Kier alpha value is -1.59. The molecule has 0 aliphatic carbocycles. The second kappa shape index (κ2) is 4.26. The smallest absolute Gasteiger partial charge is 0.356 e. The van der Waals surface area contributed by atoms with Gasteiger partial charge in [0.15, 0.2) is 5.69 Å². The number of fused-ring (bicyclic) bond motifs is 1. The summed E-state index contributed by atoms with van der Waals surface area (Å²) in [6.07, 6.45) is 2.56. The summed E-state index contributed by atoms with van der Waals surface area (Å²) in [5, 5.41) is 12.9. The van der Waals surface area contributed by atoms with Gasteiger partial charge in [-0.05, 0) is 31.1 Å². The molecule has 0 aromatic carbocycles. The number of hydrogen-bond donors (Lipinski definition) is 2. The van der Waals surface area contributed by atoms with Gasteiger partial charge in [-0.1, -0.05) is 11.6 Å². The number of aromatic nitrogens is 2. The quantitative estimate of drug-likeness (QED) is 0.882. The molecule has 0 radical (unpaired) electrons. The monoisotopic (exact) mass is 265 g/mol. The third kappa shape index (κ3) is 1.85. The highest BCUT2D eigenvalue weighted by Crippen LogP contribution is 2.20. The molecule has 2 aromatic heterocycles. The van der Waals surface area contributed by atoms with E-state index in [0.717, 1.165) is 25.3 Å². The van der Waals surface area contributed by atoms with Crippen LogP contribution in [0, 0.1) is 5.92 Å². The van der Waals surface area contributed by atoms with Gasteiger partial charge in [-0.25, -0.2) is 9.78 Å². The fourth-order valence-corrected chi connectivity index (χ4v) is 2.33. The molecule has 2 aromatic rings. The summed E-state index contributed by atoms with van der Waals surface area (Å²) in [6, 6.07) is 3.38. The molecule has 0 saturated carbocycles. The zero-order valence-corrected chi connectivity index (χ0v) is 10.3. The van der Waals surface area contributed by atoms with Gasteiger partial charge in [0.05, 0.1) is 5.52 Å². The fraction of sp³-hybridized carbons (Fsp3) is 0.333. The van der Waals surface area contributed by atoms with E-state index in [9.17, 15) is 4.79 Å². The van der Waals surface area contributed by atoms with Crippen molar-refractivity contribution < 1.29 is 9.90 Å². The Bertz CT molecular complexity index is 619. The number of halogens is 1. The van der Waals surface area contributed by atoms with Gasteiger partial charge in [0, 0.05) is 17.6 Å². The highest BCUT2D eigenvalue weighted by Gasteiger charge is 2.22. The molecule has 0 unspecified atom stereocenters. The number of hydrogen-bond acceptors (Lipinski definition) is 3. The van der Waals surface area contributed by atoms with E-state index in [4.69, 9.17) is 16.7 Å². The third-order valence-electron chi connectivity index (χ3n) is 3.22. The Morgan fingerprint density at radius 1 is 1.61 bits per heavy atom. The van der Waals surface area contributed by atoms with Crippen molar-refractivity contribution in [3.05, 3.63) is 34.9 Å². The first kappa shape index (κ1) is 11.5. The minimum atomic E-state index is -1.02. The maximum Gasteiger partial charge on any atom is 0.356 e. The largest absolute Gasteiger partial charge is 0.476 e. The molecule has 5 nitrogen and oxygen atoms in total. The molecular formula is C12H12ClN3O2. The zero-order valence-electron chi connectivity index (χ0n) is 9.56. The van der Waals surface area contributed by atoms with Gasteiger partial charge in [-0.3, -0.25) is 0 Å². The Kier molecular flexibility index (Phi) is 2.72. The predicted molar refractivity (Wildman–Crippen MR) is 67.2 cm³/mol. The molecule has 1 fully saturated rings. The zero-order chi connectivity index (χ0) is 12.7. The number of nitrogens with zero attached hydrogens (tertiary/aromatic N) is 2. The average molecular weight is 266 g/mol. The molecule has 0 amide bonds. The van der Waals surface area contributed by atoms with Crippen LogP contribution < -0.4 is 5.32 Å². The summed E-state index contributed by atoms with van der Waals surface area (Å²) in [7, 11) is 0. The minimum Gasteiger partial charge on any atom is -0.476 e. The van der Waals surface area contributed by atoms with Crippen LogP contribution >= 0.6 is 11.6 Å². The minimum absolute atomic E-state index is 0.0692. The van der Waals surface area contributed by atoms with Crippen LogP contribution in [0.2, 0.25) is 5.02 Å². The number of pyridine rings is 1. The summed E-state index contributed by atoms with van der Waals surface area (Å²) in [5.41, 5.74) is 0.622. The van der Waals surface area contributed by atoms with E-state index in [1.54, 1.807) is 18.3 Å². The first-order valence-corrected chi connectivity index (χ1v) is 6.13. The highest BCUT2D eigenvalue weighted by molar-refractivity contribution is 6.31. The maximum absolute atomic E-state index is 11.2. The van der Waals surface area contributed by atoms with Crippen molar-refractivity contribution in [2.45, 2.75) is 6.42 Å². The van der Waals surface area contributed by atoms with E-state index in [1.807, 2.05) is 4.40 Å². The van der Waals surface area contributed by atoms with Crippen LogP contribution in [0.4, 0.5) is 0 Å². The molecule has 94 valence electrons. The Balaban J connectivity index is 2.10.